The highest BCUT2D eigenvalue weighted by molar-refractivity contribution is 8.14. The quantitative estimate of drug-likeness (QED) is 0.199. The van der Waals surface area contributed by atoms with E-state index in [-0.39, 0.29) is 27.6 Å². The number of ether oxygens (including phenoxy) is 1. The Morgan fingerprint density at radius 3 is 1.95 bits per heavy atom. The molecule has 0 unspecified atom stereocenters. The molecular formula is C28H27N7O6S2. The third kappa shape index (κ3) is 7.02. The maximum Gasteiger partial charge on any atom is 0.230 e. The number of nitrogen functional groups attached to an aromatic ring is 1. The normalized spacial score (nSPS) is 19.7. The van der Waals surface area contributed by atoms with Crippen molar-refractivity contribution in [1.29, 1.82) is 0 Å². The maximum atomic E-state index is 13.1. The minimum absolute atomic E-state index is 0.141. The molecule has 5 N–H and O–H groups in total. The Kier molecular flexibility index (Phi) is 9.66. The molecule has 1 fully saturated rings. The highest BCUT2D eigenvalue weighted by Crippen LogP contribution is 2.32. The lowest BCUT2D eigenvalue weighted by molar-refractivity contribution is -0.122. The number of nitrogens with zero attached hydrogens (tertiary/aromatic N) is 4. The molecule has 2 aromatic carbocycles. The predicted molar refractivity (Wildman–Crippen MR) is 161 cm³/mol. The first-order valence-corrected chi connectivity index (χ1v) is 15.0. The molecule has 1 saturated heterocycles. The van der Waals surface area contributed by atoms with Crippen molar-refractivity contribution < 1.29 is 29.0 Å². The lowest BCUT2D eigenvalue weighted by Gasteiger charge is -2.26. The fourth-order valence-corrected chi connectivity index (χ4v) is 5.88. The predicted octanol–water partition coefficient (Wildman–Crippen LogP) is 1.41. The van der Waals surface area contributed by atoms with Crippen molar-refractivity contribution in [3.63, 3.8) is 0 Å². The Bertz CT molecular complexity index is 1620. The topological polar surface area (TPSA) is 191 Å². The molecule has 1 aliphatic rings. The SMILES string of the molecule is Nc1ncnc2c1ncn2[C@@H]1O[C@H](CO)[C@@H](NC(=O)CSC(=O)c2ccccc2)[C@H]1NC(=O)CSC(=O)c1ccccc1. The summed E-state index contributed by atoms with van der Waals surface area (Å²) in [5.41, 5.74) is 7.49. The molecule has 222 valence electrons. The summed E-state index contributed by atoms with van der Waals surface area (Å²) in [4.78, 5) is 63.7. The summed E-state index contributed by atoms with van der Waals surface area (Å²) in [6.45, 7) is -0.491. The molecule has 1 aliphatic heterocycles. The number of thioether (sulfide) groups is 2. The van der Waals surface area contributed by atoms with Gasteiger partial charge in [0.15, 0.2) is 17.7 Å². The number of hydrogen-bond acceptors (Lipinski definition) is 12. The highest BCUT2D eigenvalue weighted by Gasteiger charge is 2.47. The van der Waals surface area contributed by atoms with Crippen molar-refractivity contribution >= 4 is 62.6 Å². The van der Waals surface area contributed by atoms with E-state index in [9.17, 15) is 24.3 Å². The maximum absolute atomic E-state index is 13.1. The number of nitrogens with two attached hydrogens (primary N) is 1. The summed E-state index contributed by atoms with van der Waals surface area (Å²) >= 11 is 1.66. The molecule has 2 aromatic heterocycles. The van der Waals surface area contributed by atoms with Gasteiger partial charge >= 0.3 is 0 Å². The van der Waals surface area contributed by atoms with E-state index in [4.69, 9.17) is 10.5 Å². The van der Waals surface area contributed by atoms with Crippen molar-refractivity contribution in [2.45, 2.75) is 24.4 Å². The lowest BCUT2D eigenvalue weighted by atomic mass is 10.0. The van der Waals surface area contributed by atoms with Gasteiger partial charge in [0.1, 0.15) is 17.9 Å². The number of carbonyl (C=O) groups is 4. The third-order valence-electron chi connectivity index (χ3n) is 6.59. The molecule has 5 rings (SSSR count). The van der Waals surface area contributed by atoms with E-state index < -0.39 is 42.8 Å². The molecule has 4 atom stereocenters. The number of imidazole rings is 1. The third-order valence-corrected chi connectivity index (χ3v) is 8.40. The van der Waals surface area contributed by atoms with Crippen LogP contribution >= 0.6 is 23.5 Å². The van der Waals surface area contributed by atoms with Crippen LogP contribution in [-0.4, -0.2) is 83.0 Å². The number of carbonyl (C=O) groups excluding carboxylic acids is 4. The van der Waals surface area contributed by atoms with Crippen molar-refractivity contribution in [1.82, 2.24) is 30.2 Å². The smallest absolute Gasteiger partial charge is 0.230 e. The molecule has 43 heavy (non-hydrogen) atoms. The standard InChI is InChI=1S/C28H27N7O6S2/c29-24-23-25(31-14-30-24)35(15-32-23)26-22(34-20(38)13-43-28(40)17-9-5-2-6-10-17)21(18(11-36)41-26)33-19(37)12-42-27(39)16-7-3-1-4-8-16/h1-10,14-15,18,21-22,26,36H,11-13H2,(H,33,37)(H,34,38)(H2,29,30,31)/t18-,21-,22-,26-/m1/s1. The molecule has 0 aliphatic carbocycles. The van der Waals surface area contributed by atoms with Gasteiger partial charge in [0, 0.05) is 11.1 Å². The Morgan fingerprint density at radius 2 is 1.40 bits per heavy atom. The minimum Gasteiger partial charge on any atom is -0.394 e. The van der Waals surface area contributed by atoms with Crippen molar-refractivity contribution in [3.05, 3.63) is 84.4 Å². The van der Waals surface area contributed by atoms with Crippen LogP contribution in [-0.2, 0) is 14.3 Å². The molecule has 4 aromatic rings. The lowest BCUT2D eigenvalue weighted by Crippen LogP contribution is -2.55. The molecular weight excluding hydrogens is 594 g/mol. The number of benzene rings is 2. The fourth-order valence-electron chi connectivity index (χ4n) is 4.58. The van der Waals surface area contributed by atoms with Crippen LogP contribution < -0.4 is 16.4 Å². The number of nitrogens with one attached hydrogen (secondary N) is 2. The number of aliphatic hydroxyl groups is 1. The molecule has 15 heteroatoms. The van der Waals surface area contributed by atoms with Gasteiger partial charge in [0.2, 0.25) is 22.0 Å². The minimum atomic E-state index is -0.973. The first kappa shape index (κ1) is 30.2. The average molecular weight is 622 g/mol. The van der Waals surface area contributed by atoms with E-state index in [1.165, 1.54) is 17.2 Å². The zero-order chi connectivity index (χ0) is 30.3. The number of anilines is 1. The number of hydrogen-bond donors (Lipinski definition) is 4. The zero-order valence-electron chi connectivity index (χ0n) is 22.5. The van der Waals surface area contributed by atoms with Crippen LogP contribution in [0.5, 0.6) is 0 Å². The fraction of sp³-hybridized carbons (Fsp3) is 0.250. The van der Waals surface area contributed by atoms with Crippen molar-refractivity contribution in [3.8, 4) is 0 Å². The molecule has 0 bridgehead atoms. The van der Waals surface area contributed by atoms with Gasteiger partial charge in [0.05, 0.1) is 36.5 Å². The van der Waals surface area contributed by atoms with Crippen molar-refractivity contribution in [2.75, 3.05) is 23.8 Å². The second-order valence-electron chi connectivity index (χ2n) is 9.40. The number of rotatable bonds is 10. The van der Waals surface area contributed by atoms with Crippen LogP contribution in [0.3, 0.4) is 0 Å². The van der Waals surface area contributed by atoms with Gasteiger partial charge in [0.25, 0.3) is 0 Å². The van der Waals surface area contributed by atoms with Crippen LogP contribution in [0.2, 0.25) is 0 Å². The second-order valence-corrected chi connectivity index (χ2v) is 11.3. The summed E-state index contributed by atoms with van der Waals surface area (Å²) in [6, 6.07) is 15.3. The average Bonchev–Trinajstić information content (AvgIpc) is 3.61. The summed E-state index contributed by atoms with van der Waals surface area (Å²) in [6.07, 6.45) is 0.761. The van der Waals surface area contributed by atoms with E-state index in [2.05, 4.69) is 25.6 Å². The van der Waals surface area contributed by atoms with Crippen LogP contribution in [0, 0.1) is 0 Å². The van der Waals surface area contributed by atoms with Gasteiger partial charge in [-0.1, -0.05) is 84.2 Å². The Balaban J connectivity index is 1.34. The monoisotopic (exact) mass is 621 g/mol. The molecule has 0 radical (unpaired) electrons. The summed E-state index contributed by atoms with van der Waals surface area (Å²) in [5.74, 6) is -1.27. The van der Waals surface area contributed by atoms with Gasteiger partial charge < -0.3 is 26.2 Å². The van der Waals surface area contributed by atoms with Gasteiger partial charge in [-0.2, -0.15) is 0 Å². The van der Waals surface area contributed by atoms with Crippen LogP contribution in [0.4, 0.5) is 5.82 Å². The van der Waals surface area contributed by atoms with E-state index in [1.807, 2.05) is 0 Å². The summed E-state index contributed by atoms with van der Waals surface area (Å²) in [7, 11) is 0. The number of fused-ring (bicyclic) bond motifs is 1. The molecule has 0 spiro atoms. The Hall–Kier alpha value is -4.31. The molecule has 3 heterocycles. The zero-order valence-corrected chi connectivity index (χ0v) is 24.2. The highest BCUT2D eigenvalue weighted by atomic mass is 32.2. The first-order chi connectivity index (χ1) is 20.9. The van der Waals surface area contributed by atoms with Gasteiger partial charge in [-0.3, -0.25) is 23.7 Å². The van der Waals surface area contributed by atoms with Gasteiger partial charge in [-0.05, 0) is 0 Å². The van der Waals surface area contributed by atoms with Crippen molar-refractivity contribution in [2.24, 2.45) is 0 Å². The molecule has 2 amide bonds. The number of amides is 2. The van der Waals surface area contributed by atoms with Crippen LogP contribution in [0.1, 0.15) is 26.9 Å². The summed E-state index contributed by atoms with van der Waals surface area (Å²) < 4.78 is 7.65. The molecule has 0 saturated carbocycles. The number of aromatic nitrogens is 4. The van der Waals surface area contributed by atoms with E-state index in [0.29, 0.717) is 22.3 Å². The Morgan fingerprint density at radius 1 is 0.837 bits per heavy atom. The van der Waals surface area contributed by atoms with E-state index >= 15 is 0 Å². The van der Waals surface area contributed by atoms with Gasteiger partial charge in [-0.15, -0.1) is 0 Å². The second kappa shape index (κ2) is 13.8. The van der Waals surface area contributed by atoms with Crippen LogP contribution in [0.15, 0.2) is 73.3 Å². The van der Waals surface area contributed by atoms with Crippen LogP contribution in [0.25, 0.3) is 11.2 Å². The summed E-state index contributed by atoms with van der Waals surface area (Å²) in [5, 5.41) is 15.3. The van der Waals surface area contributed by atoms with E-state index in [1.54, 1.807) is 60.7 Å². The largest absolute Gasteiger partial charge is 0.394 e. The first-order valence-electron chi connectivity index (χ1n) is 13.1. The van der Waals surface area contributed by atoms with Gasteiger partial charge in [-0.25, -0.2) is 15.0 Å². The molecule has 13 nitrogen and oxygen atoms in total. The Labute approximate surface area is 254 Å². The van der Waals surface area contributed by atoms with E-state index in [0.717, 1.165) is 23.5 Å². The number of aliphatic hydroxyl groups excluding tert-OH is 1.